The molecule has 0 bridgehead atoms. The van der Waals surface area contributed by atoms with E-state index in [9.17, 15) is 9.59 Å². The van der Waals surface area contributed by atoms with Crippen molar-refractivity contribution in [3.05, 3.63) is 41.5 Å². The van der Waals surface area contributed by atoms with E-state index in [2.05, 4.69) is 17.1 Å². The Morgan fingerprint density at radius 1 is 1.17 bits per heavy atom. The van der Waals surface area contributed by atoms with Crippen LogP contribution in [0.1, 0.15) is 48.5 Å². The zero-order valence-electron chi connectivity index (χ0n) is 13.7. The first-order chi connectivity index (χ1) is 11.2. The van der Waals surface area contributed by atoms with Crippen molar-refractivity contribution in [1.82, 2.24) is 10.2 Å². The predicted octanol–water partition coefficient (Wildman–Crippen LogP) is 2.65. The molecule has 1 N–H and O–H groups in total. The van der Waals surface area contributed by atoms with Crippen LogP contribution >= 0.6 is 0 Å². The molecule has 3 rings (SSSR count). The van der Waals surface area contributed by atoms with Gasteiger partial charge in [0.25, 0.3) is 0 Å². The van der Waals surface area contributed by atoms with Crippen LogP contribution in [-0.4, -0.2) is 42.1 Å². The lowest BCUT2D eigenvalue weighted by Crippen LogP contribution is -2.38. The van der Waals surface area contributed by atoms with E-state index in [0.29, 0.717) is 11.6 Å². The van der Waals surface area contributed by atoms with Crippen LogP contribution in [0.4, 0.5) is 0 Å². The van der Waals surface area contributed by atoms with Crippen molar-refractivity contribution in [1.29, 1.82) is 0 Å². The van der Waals surface area contributed by atoms with Crippen LogP contribution in [-0.2, 0) is 4.79 Å². The molecule has 0 radical (unpaired) electrons. The molecule has 0 spiro atoms. The molecule has 4 nitrogen and oxygen atoms in total. The molecule has 1 aromatic rings. The quantitative estimate of drug-likeness (QED) is 0.671. The van der Waals surface area contributed by atoms with E-state index in [0.717, 1.165) is 30.8 Å². The number of fused-ring (bicyclic) bond motifs is 1. The smallest absolute Gasteiger partial charge is 0.233 e. The van der Waals surface area contributed by atoms with Crippen molar-refractivity contribution in [3.8, 4) is 0 Å². The second-order valence-electron chi connectivity index (χ2n) is 6.46. The molecule has 0 saturated carbocycles. The van der Waals surface area contributed by atoms with E-state index in [-0.39, 0.29) is 0 Å². The number of carbonyl (C=O) groups excluding carboxylic acids is 2. The largest absolute Gasteiger partial charge is 0.384 e. The molecular weight excluding hydrogens is 288 g/mol. The number of benzene rings is 1. The van der Waals surface area contributed by atoms with Crippen LogP contribution in [0.5, 0.6) is 0 Å². The highest BCUT2D eigenvalue weighted by Crippen LogP contribution is 2.23. The van der Waals surface area contributed by atoms with Gasteiger partial charge in [0.15, 0.2) is 0 Å². The molecule has 122 valence electrons. The molecule has 2 aliphatic rings. The predicted molar refractivity (Wildman–Crippen MR) is 91.3 cm³/mol. The maximum absolute atomic E-state index is 11.9. The van der Waals surface area contributed by atoms with Gasteiger partial charge in [0, 0.05) is 42.0 Å². The Morgan fingerprint density at radius 2 is 1.96 bits per heavy atom. The molecule has 1 heterocycles. The van der Waals surface area contributed by atoms with Crippen LogP contribution in [0.3, 0.4) is 0 Å². The van der Waals surface area contributed by atoms with Crippen molar-refractivity contribution in [3.63, 3.8) is 0 Å². The second-order valence-corrected chi connectivity index (χ2v) is 6.46. The topological polar surface area (TPSA) is 49.4 Å². The second kappa shape index (κ2) is 7.09. The van der Waals surface area contributed by atoms with E-state index in [4.69, 9.17) is 0 Å². The molecule has 1 fully saturated rings. The number of carbonyl (C=O) groups is 2. The molecule has 23 heavy (non-hydrogen) atoms. The summed E-state index contributed by atoms with van der Waals surface area (Å²) in [5, 5.41) is 3.34. The van der Waals surface area contributed by atoms with Gasteiger partial charge in [-0.1, -0.05) is 30.7 Å². The molecule has 1 aliphatic heterocycles. The minimum Gasteiger partial charge on any atom is -0.384 e. The highest BCUT2D eigenvalue weighted by molar-refractivity contribution is 6.50. The number of likely N-dealkylation sites (tertiary alicyclic amines) is 1. The minimum atomic E-state index is -0.434. The minimum absolute atomic E-state index is 0.409. The molecule has 1 unspecified atom stereocenters. The average Bonchev–Trinajstić information content (AvgIpc) is 2.57. The highest BCUT2D eigenvalue weighted by Gasteiger charge is 2.25. The van der Waals surface area contributed by atoms with Gasteiger partial charge in [-0.25, -0.2) is 0 Å². The Balaban J connectivity index is 1.57. The third-order valence-electron chi connectivity index (χ3n) is 4.84. The number of piperidine rings is 1. The molecule has 0 amide bonds. The van der Waals surface area contributed by atoms with Crippen molar-refractivity contribution in [2.45, 2.75) is 38.6 Å². The van der Waals surface area contributed by atoms with Crippen LogP contribution in [0.2, 0.25) is 0 Å². The lowest BCUT2D eigenvalue weighted by Gasteiger charge is -2.33. The van der Waals surface area contributed by atoms with Crippen LogP contribution in [0, 0.1) is 0 Å². The van der Waals surface area contributed by atoms with Crippen molar-refractivity contribution in [2.24, 2.45) is 0 Å². The number of allylic oxidation sites excluding steroid dienone is 1. The molecule has 1 saturated heterocycles. The Morgan fingerprint density at radius 3 is 2.74 bits per heavy atom. The molecule has 4 heteroatoms. The van der Waals surface area contributed by atoms with Crippen LogP contribution < -0.4 is 5.32 Å². The number of hydrogen-bond donors (Lipinski definition) is 1. The Bertz CT molecular complexity index is 636. The van der Waals surface area contributed by atoms with Gasteiger partial charge in [0.05, 0.1) is 0 Å². The lowest BCUT2D eigenvalue weighted by atomic mass is 9.93. The average molecular weight is 312 g/mol. The summed E-state index contributed by atoms with van der Waals surface area (Å²) in [6.07, 6.45) is 6.41. The fourth-order valence-corrected chi connectivity index (χ4v) is 3.46. The number of ketones is 2. The number of Topliss-reactive ketones (excluding diaryl/α,β-unsaturated/α-hetero) is 1. The number of nitrogens with one attached hydrogen (secondary N) is 1. The number of rotatable bonds is 5. The van der Waals surface area contributed by atoms with Crippen LogP contribution in [0.15, 0.2) is 30.3 Å². The molecular formula is C19H24N2O2. The SMILES string of the molecule is CC1CCCCN1CCCNC1=CC(=O)C(=O)c2ccccc21. The normalized spacial score (nSPS) is 21.8. The van der Waals surface area contributed by atoms with Gasteiger partial charge < -0.3 is 10.2 Å². The van der Waals surface area contributed by atoms with Gasteiger partial charge >= 0.3 is 0 Å². The molecule has 1 atom stereocenters. The summed E-state index contributed by atoms with van der Waals surface area (Å²) in [6, 6.07) is 7.99. The fraction of sp³-hybridized carbons (Fsp3) is 0.474. The van der Waals surface area contributed by atoms with E-state index in [1.165, 1.54) is 31.9 Å². The summed E-state index contributed by atoms with van der Waals surface area (Å²) >= 11 is 0. The fourth-order valence-electron chi connectivity index (χ4n) is 3.46. The van der Waals surface area contributed by atoms with Gasteiger partial charge in [0.2, 0.25) is 11.6 Å². The summed E-state index contributed by atoms with van der Waals surface area (Å²) in [7, 11) is 0. The zero-order chi connectivity index (χ0) is 16.2. The maximum Gasteiger partial charge on any atom is 0.233 e. The Hall–Kier alpha value is -1.94. The van der Waals surface area contributed by atoms with E-state index < -0.39 is 11.6 Å². The van der Waals surface area contributed by atoms with Gasteiger partial charge in [-0.2, -0.15) is 0 Å². The zero-order valence-corrected chi connectivity index (χ0v) is 13.7. The Kier molecular flexibility index (Phi) is 4.91. The summed E-state index contributed by atoms with van der Waals surface area (Å²) in [6.45, 7) is 5.39. The first-order valence-corrected chi connectivity index (χ1v) is 8.54. The maximum atomic E-state index is 11.9. The van der Waals surface area contributed by atoms with E-state index in [1.54, 1.807) is 12.1 Å². The monoisotopic (exact) mass is 312 g/mol. The molecule has 0 aromatic heterocycles. The third-order valence-corrected chi connectivity index (χ3v) is 4.84. The molecule has 1 aliphatic carbocycles. The van der Waals surface area contributed by atoms with Crippen molar-refractivity contribution in [2.75, 3.05) is 19.6 Å². The standard InChI is InChI=1S/C19H24N2O2/c1-14-7-4-5-11-21(14)12-6-10-20-17-13-18(22)19(23)16-9-3-2-8-15(16)17/h2-3,8-9,13-14,20H,4-7,10-12H2,1H3. The van der Waals surface area contributed by atoms with Gasteiger partial charge in [-0.05, 0) is 32.7 Å². The summed E-state index contributed by atoms with van der Waals surface area (Å²) in [4.78, 5) is 26.3. The summed E-state index contributed by atoms with van der Waals surface area (Å²) < 4.78 is 0. The van der Waals surface area contributed by atoms with Crippen molar-refractivity contribution < 1.29 is 9.59 Å². The van der Waals surface area contributed by atoms with Crippen molar-refractivity contribution >= 4 is 17.3 Å². The lowest BCUT2D eigenvalue weighted by molar-refractivity contribution is -0.111. The first-order valence-electron chi connectivity index (χ1n) is 8.54. The van der Waals surface area contributed by atoms with E-state index >= 15 is 0 Å². The number of nitrogens with zero attached hydrogens (tertiary/aromatic N) is 1. The third kappa shape index (κ3) is 3.53. The van der Waals surface area contributed by atoms with Gasteiger partial charge in [0.1, 0.15) is 0 Å². The van der Waals surface area contributed by atoms with E-state index in [1.807, 2.05) is 12.1 Å². The molecule has 1 aromatic carbocycles. The van der Waals surface area contributed by atoms with Gasteiger partial charge in [-0.15, -0.1) is 0 Å². The van der Waals surface area contributed by atoms with Gasteiger partial charge in [-0.3, -0.25) is 9.59 Å². The summed E-state index contributed by atoms with van der Waals surface area (Å²) in [5.41, 5.74) is 2.12. The van der Waals surface area contributed by atoms with Crippen LogP contribution in [0.25, 0.3) is 5.70 Å². The highest BCUT2D eigenvalue weighted by atomic mass is 16.2. The number of hydrogen-bond acceptors (Lipinski definition) is 4. The Labute approximate surface area is 137 Å². The first kappa shape index (κ1) is 15.9. The summed E-state index contributed by atoms with van der Waals surface area (Å²) in [5.74, 6) is -0.843.